The lowest BCUT2D eigenvalue weighted by Gasteiger charge is -2.18. The van der Waals surface area contributed by atoms with Crippen molar-refractivity contribution in [3.8, 4) is 0 Å². The predicted molar refractivity (Wildman–Crippen MR) is 100 cm³/mol. The van der Waals surface area contributed by atoms with Crippen LogP contribution in [0.15, 0.2) is 0 Å². The molecule has 0 bridgehead atoms. The van der Waals surface area contributed by atoms with Crippen LogP contribution in [-0.2, 0) is 28.8 Å². The number of hydrogen-bond acceptors (Lipinski definition) is 8. The van der Waals surface area contributed by atoms with E-state index in [9.17, 15) is 28.8 Å². The minimum atomic E-state index is -1.45. The molecule has 0 aromatic rings. The fourth-order valence-corrected chi connectivity index (χ4v) is 1.90. The van der Waals surface area contributed by atoms with Gasteiger partial charge in [-0.2, -0.15) is 0 Å². The molecular formula is C16H28N6O7. The van der Waals surface area contributed by atoms with Crippen molar-refractivity contribution in [2.75, 3.05) is 26.2 Å². The van der Waals surface area contributed by atoms with Gasteiger partial charge in [-0.3, -0.25) is 24.0 Å². The SMILES string of the molecule is NC(C(=O)NCC(=O)NCCCC=O)C(N)C(=O)NCC(=O)NCCCC(=O)O. The monoisotopic (exact) mass is 416 g/mol. The Morgan fingerprint density at radius 3 is 1.66 bits per heavy atom. The van der Waals surface area contributed by atoms with Crippen LogP contribution in [0.1, 0.15) is 25.7 Å². The lowest BCUT2D eigenvalue weighted by molar-refractivity contribution is -0.137. The summed E-state index contributed by atoms with van der Waals surface area (Å²) in [6.45, 7) is -0.385. The number of nitrogens with two attached hydrogens (primary N) is 2. The van der Waals surface area contributed by atoms with E-state index in [-0.39, 0.29) is 32.5 Å². The number of aldehydes is 1. The van der Waals surface area contributed by atoms with Crippen molar-refractivity contribution in [2.45, 2.75) is 37.8 Å². The number of carbonyl (C=O) groups excluding carboxylic acids is 5. The lowest BCUT2D eigenvalue weighted by atomic mass is 10.1. The quantitative estimate of drug-likeness (QED) is 0.102. The largest absolute Gasteiger partial charge is 0.481 e. The maximum absolute atomic E-state index is 11.9. The molecule has 9 N–H and O–H groups in total. The van der Waals surface area contributed by atoms with Crippen molar-refractivity contribution in [3.05, 3.63) is 0 Å². The van der Waals surface area contributed by atoms with E-state index in [2.05, 4.69) is 21.3 Å². The van der Waals surface area contributed by atoms with Crippen molar-refractivity contribution in [3.63, 3.8) is 0 Å². The van der Waals surface area contributed by atoms with E-state index in [0.717, 1.165) is 6.29 Å². The second-order valence-electron chi connectivity index (χ2n) is 5.99. The van der Waals surface area contributed by atoms with E-state index in [1.807, 2.05) is 0 Å². The van der Waals surface area contributed by atoms with Gasteiger partial charge in [0.2, 0.25) is 23.6 Å². The highest BCUT2D eigenvalue weighted by Crippen LogP contribution is 1.89. The molecule has 13 nitrogen and oxygen atoms in total. The zero-order chi connectivity index (χ0) is 22.2. The van der Waals surface area contributed by atoms with Gasteiger partial charge in [-0.1, -0.05) is 0 Å². The summed E-state index contributed by atoms with van der Waals surface area (Å²) in [4.78, 5) is 67.3. The molecule has 0 aromatic carbocycles. The third-order valence-electron chi connectivity index (χ3n) is 3.55. The number of unbranched alkanes of at least 4 members (excludes halogenated alkanes) is 1. The number of rotatable bonds is 15. The number of aliphatic carboxylic acids is 1. The average Bonchev–Trinajstić information content (AvgIpc) is 2.69. The number of amides is 4. The van der Waals surface area contributed by atoms with Crippen LogP contribution in [0.5, 0.6) is 0 Å². The molecule has 0 fully saturated rings. The first-order valence-electron chi connectivity index (χ1n) is 8.94. The van der Waals surface area contributed by atoms with Crippen LogP contribution in [0, 0.1) is 0 Å². The summed E-state index contributed by atoms with van der Waals surface area (Å²) in [5.74, 6) is -3.70. The molecule has 164 valence electrons. The van der Waals surface area contributed by atoms with Gasteiger partial charge in [0.1, 0.15) is 18.4 Å². The Bertz CT molecular complexity index is 598. The molecule has 0 heterocycles. The molecule has 0 radical (unpaired) electrons. The number of carboxylic acid groups (broad SMARTS) is 1. The van der Waals surface area contributed by atoms with Crippen LogP contribution >= 0.6 is 0 Å². The zero-order valence-corrected chi connectivity index (χ0v) is 15.9. The molecule has 29 heavy (non-hydrogen) atoms. The van der Waals surface area contributed by atoms with E-state index in [1.165, 1.54) is 0 Å². The molecule has 2 atom stereocenters. The Labute approximate surface area is 167 Å². The Morgan fingerprint density at radius 2 is 1.24 bits per heavy atom. The smallest absolute Gasteiger partial charge is 0.303 e. The normalized spacial score (nSPS) is 12.2. The van der Waals surface area contributed by atoms with Gasteiger partial charge < -0.3 is 42.6 Å². The van der Waals surface area contributed by atoms with E-state index in [1.54, 1.807) is 0 Å². The van der Waals surface area contributed by atoms with Crippen LogP contribution in [0.25, 0.3) is 0 Å². The summed E-state index contributed by atoms with van der Waals surface area (Å²) in [7, 11) is 0. The van der Waals surface area contributed by atoms with E-state index in [4.69, 9.17) is 16.6 Å². The summed E-state index contributed by atoms with van der Waals surface area (Å²) in [6, 6.07) is -2.90. The summed E-state index contributed by atoms with van der Waals surface area (Å²) in [6.07, 6.45) is 1.65. The van der Waals surface area contributed by atoms with E-state index in [0.29, 0.717) is 12.8 Å². The predicted octanol–water partition coefficient (Wildman–Crippen LogP) is -4.05. The Hall–Kier alpha value is -3.06. The Kier molecular flexibility index (Phi) is 13.4. The fraction of sp³-hybridized carbons (Fsp3) is 0.625. The van der Waals surface area contributed by atoms with Crippen molar-refractivity contribution in [2.24, 2.45) is 11.5 Å². The molecule has 0 aliphatic carbocycles. The molecule has 0 saturated heterocycles. The highest BCUT2D eigenvalue weighted by molar-refractivity contribution is 5.95. The first kappa shape index (κ1) is 25.9. The summed E-state index contributed by atoms with van der Waals surface area (Å²) in [5.41, 5.74) is 11.2. The van der Waals surface area contributed by atoms with E-state index < -0.39 is 48.2 Å². The third kappa shape index (κ3) is 12.9. The summed E-state index contributed by atoms with van der Waals surface area (Å²) >= 11 is 0. The van der Waals surface area contributed by atoms with Crippen LogP contribution in [0.2, 0.25) is 0 Å². The third-order valence-corrected chi connectivity index (χ3v) is 3.55. The molecule has 4 amide bonds. The minimum Gasteiger partial charge on any atom is -0.481 e. The van der Waals surface area contributed by atoms with Gasteiger partial charge >= 0.3 is 5.97 Å². The molecule has 0 aliphatic heterocycles. The van der Waals surface area contributed by atoms with Crippen LogP contribution in [-0.4, -0.2) is 79.3 Å². The fourth-order valence-electron chi connectivity index (χ4n) is 1.90. The summed E-state index contributed by atoms with van der Waals surface area (Å²) < 4.78 is 0. The van der Waals surface area contributed by atoms with Gasteiger partial charge in [0.05, 0.1) is 13.1 Å². The van der Waals surface area contributed by atoms with Crippen LogP contribution < -0.4 is 32.7 Å². The van der Waals surface area contributed by atoms with Gasteiger partial charge in [-0.05, 0) is 12.8 Å². The maximum Gasteiger partial charge on any atom is 0.303 e. The Morgan fingerprint density at radius 1 is 0.793 bits per heavy atom. The molecule has 0 aromatic heterocycles. The second-order valence-corrected chi connectivity index (χ2v) is 5.99. The van der Waals surface area contributed by atoms with Crippen molar-refractivity contribution >= 4 is 35.9 Å². The van der Waals surface area contributed by atoms with Gasteiger partial charge in [0.15, 0.2) is 0 Å². The van der Waals surface area contributed by atoms with Gasteiger partial charge in [-0.15, -0.1) is 0 Å². The number of carboxylic acids is 1. The van der Waals surface area contributed by atoms with E-state index >= 15 is 0 Å². The molecule has 0 rings (SSSR count). The maximum atomic E-state index is 11.9. The topological polar surface area (TPSA) is 223 Å². The molecule has 2 unspecified atom stereocenters. The van der Waals surface area contributed by atoms with Crippen molar-refractivity contribution in [1.29, 1.82) is 0 Å². The van der Waals surface area contributed by atoms with Crippen LogP contribution in [0.3, 0.4) is 0 Å². The highest BCUT2D eigenvalue weighted by atomic mass is 16.4. The molecule has 13 heteroatoms. The number of carbonyl (C=O) groups is 6. The minimum absolute atomic E-state index is 0.0990. The number of hydrogen-bond donors (Lipinski definition) is 7. The number of nitrogens with one attached hydrogen (secondary N) is 4. The van der Waals surface area contributed by atoms with Crippen molar-refractivity contribution in [1.82, 2.24) is 21.3 Å². The highest BCUT2D eigenvalue weighted by Gasteiger charge is 2.27. The molecule has 0 saturated carbocycles. The Balaban J connectivity index is 4.13. The standard InChI is InChI=1S/C16H28N6O7/c17-13(15(28)21-8-10(24)19-5-1-2-7-23)14(18)16(29)22-9-11(25)20-6-3-4-12(26)27/h7,13-14H,1-6,8-9,17-18H2,(H,19,24)(H,20,25)(H,21,28)(H,22,29)(H,26,27). The summed E-state index contributed by atoms with van der Waals surface area (Å²) in [5, 5.41) is 17.8. The first-order chi connectivity index (χ1) is 13.7. The first-order valence-corrected chi connectivity index (χ1v) is 8.94. The van der Waals surface area contributed by atoms with Gasteiger partial charge in [0.25, 0.3) is 0 Å². The zero-order valence-electron chi connectivity index (χ0n) is 15.9. The van der Waals surface area contributed by atoms with Crippen LogP contribution in [0.4, 0.5) is 0 Å². The average molecular weight is 416 g/mol. The van der Waals surface area contributed by atoms with Gasteiger partial charge in [0, 0.05) is 25.9 Å². The van der Waals surface area contributed by atoms with Gasteiger partial charge in [-0.25, -0.2) is 0 Å². The second kappa shape index (κ2) is 14.9. The molecule has 0 spiro atoms. The lowest BCUT2D eigenvalue weighted by Crippen LogP contribution is -2.59. The molecule has 0 aliphatic rings. The molecular weight excluding hydrogens is 388 g/mol. The van der Waals surface area contributed by atoms with Crippen molar-refractivity contribution < 1.29 is 33.9 Å².